The molecule has 2 aromatic carbocycles. The van der Waals surface area contributed by atoms with Crippen molar-refractivity contribution in [1.82, 2.24) is 30.4 Å². The third-order valence-corrected chi connectivity index (χ3v) is 6.15. The fraction of sp³-hybridized carbons (Fsp3) is 0.304. The maximum Gasteiger partial charge on any atom is 0.270 e. The highest BCUT2D eigenvalue weighted by atomic mass is 19.1. The predicted octanol–water partition coefficient (Wildman–Crippen LogP) is 2.19. The molecular formula is C23H24FN7O2. The lowest BCUT2D eigenvalue weighted by atomic mass is 10.1. The number of hydrogen-bond acceptors (Lipinski definition) is 7. The van der Waals surface area contributed by atoms with Gasteiger partial charge in [0.2, 0.25) is 0 Å². The zero-order valence-corrected chi connectivity index (χ0v) is 18.6. The number of nitrogens with zero attached hydrogens (tertiary/aromatic N) is 5. The van der Waals surface area contributed by atoms with E-state index >= 15 is 0 Å². The highest BCUT2D eigenvalue weighted by molar-refractivity contribution is 6.05. The Bertz CT molecular complexity index is 1400. The Labute approximate surface area is 189 Å². The van der Waals surface area contributed by atoms with Crippen LogP contribution in [0.2, 0.25) is 0 Å². The van der Waals surface area contributed by atoms with E-state index in [4.69, 9.17) is 0 Å². The highest BCUT2D eigenvalue weighted by Gasteiger charge is 2.24. The molecule has 3 N–H and O–H groups in total. The number of halogens is 1. The van der Waals surface area contributed by atoms with Gasteiger partial charge in [-0.05, 0) is 37.7 Å². The van der Waals surface area contributed by atoms with Crippen LogP contribution in [0.15, 0.2) is 30.5 Å². The van der Waals surface area contributed by atoms with Crippen molar-refractivity contribution in [2.24, 2.45) is 7.05 Å². The second-order valence-electron chi connectivity index (χ2n) is 8.22. The number of fused-ring (bicyclic) bond motifs is 2. The van der Waals surface area contributed by atoms with Gasteiger partial charge in [-0.2, -0.15) is 5.10 Å². The standard InChI is InChI=1S/C23H24FN7O2/c1-25-13-6-7-31(11-13)14-4-5-17-15(9-14)20(23(33)26-2)28-22(27-17)16-8-12-10-30(3)29-19(12)18(24)21(16)32/h4-5,8-10,13,25,32H,6-7,11H2,1-3H3,(H,26,33)/t13-/m1/s1. The second-order valence-corrected chi connectivity index (χ2v) is 8.22. The Morgan fingerprint density at radius 2 is 2.06 bits per heavy atom. The van der Waals surface area contributed by atoms with Crippen molar-refractivity contribution in [3.8, 4) is 17.1 Å². The molecule has 1 aliphatic rings. The van der Waals surface area contributed by atoms with Crippen molar-refractivity contribution in [2.75, 3.05) is 32.1 Å². The van der Waals surface area contributed by atoms with Crippen LogP contribution < -0.4 is 15.5 Å². The molecule has 0 saturated carbocycles. The van der Waals surface area contributed by atoms with Crippen LogP contribution in [0.3, 0.4) is 0 Å². The molecule has 10 heteroatoms. The topological polar surface area (TPSA) is 108 Å². The molecule has 0 radical (unpaired) electrons. The smallest absolute Gasteiger partial charge is 0.270 e. The molecule has 1 aliphatic heterocycles. The number of amides is 1. The molecule has 1 fully saturated rings. The number of aromatic nitrogens is 4. The number of phenols is 1. The van der Waals surface area contributed by atoms with E-state index < -0.39 is 17.5 Å². The fourth-order valence-electron chi connectivity index (χ4n) is 4.36. The molecule has 0 aliphatic carbocycles. The molecule has 33 heavy (non-hydrogen) atoms. The average Bonchev–Trinajstić information content (AvgIpc) is 3.46. The normalized spacial score (nSPS) is 16.1. The van der Waals surface area contributed by atoms with Crippen molar-refractivity contribution in [2.45, 2.75) is 12.5 Å². The van der Waals surface area contributed by atoms with Gasteiger partial charge in [0.25, 0.3) is 5.91 Å². The summed E-state index contributed by atoms with van der Waals surface area (Å²) in [5.41, 5.74) is 1.82. The number of carbonyl (C=O) groups is 1. The molecule has 0 bridgehead atoms. The van der Waals surface area contributed by atoms with Gasteiger partial charge < -0.3 is 20.6 Å². The van der Waals surface area contributed by atoms with Gasteiger partial charge >= 0.3 is 0 Å². The van der Waals surface area contributed by atoms with E-state index in [0.29, 0.717) is 22.3 Å². The molecule has 5 rings (SSSR count). The summed E-state index contributed by atoms with van der Waals surface area (Å²) in [6, 6.07) is 7.68. The largest absolute Gasteiger partial charge is 0.504 e. The molecule has 9 nitrogen and oxygen atoms in total. The van der Waals surface area contributed by atoms with Crippen molar-refractivity contribution in [3.63, 3.8) is 0 Å². The van der Waals surface area contributed by atoms with E-state index in [0.717, 1.165) is 25.2 Å². The van der Waals surface area contributed by atoms with Crippen LogP contribution in [0.25, 0.3) is 33.2 Å². The van der Waals surface area contributed by atoms with Crippen LogP contribution in [0.5, 0.6) is 5.75 Å². The van der Waals surface area contributed by atoms with Crippen LogP contribution in [-0.4, -0.2) is 64.0 Å². The molecule has 170 valence electrons. The summed E-state index contributed by atoms with van der Waals surface area (Å²) in [5, 5.41) is 21.6. The predicted molar refractivity (Wildman–Crippen MR) is 124 cm³/mol. The van der Waals surface area contributed by atoms with E-state index in [1.807, 2.05) is 25.2 Å². The molecule has 1 saturated heterocycles. The first kappa shape index (κ1) is 21.1. The number of hydrogen-bond donors (Lipinski definition) is 3. The van der Waals surface area contributed by atoms with Crippen molar-refractivity contribution < 1.29 is 14.3 Å². The number of carbonyl (C=O) groups excluding carboxylic acids is 1. The summed E-state index contributed by atoms with van der Waals surface area (Å²) in [4.78, 5) is 24.0. The Kier molecular flexibility index (Phi) is 5.09. The first-order valence-corrected chi connectivity index (χ1v) is 10.7. The Balaban J connectivity index is 1.67. The summed E-state index contributed by atoms with van der Waals surface area (Å²) in [6.07, 6.45) is 2.68. The fourth-order valence-corrected chi connectivity index (χ4v) is 4.36. The van der Waals surface area contributed by atoms with Gasteiger partial charge in [0.1, 0.15) is 11.2 Å². The lowest BCUT2D eigenvalue weighted by Gasteiger charge is -2.19. The molecule has 1 amide bonds. The maximum atomic E-state index is 14.8. The number of aromatic hydroxyl groups is 1. The van der Waals surface area contributed by atoms with Crippen molar-refractivity contribution in [1.29, 1.82) is 0 Å². The summed E-state index contributed by atoms with van der Waals surface area (Å²) in [7, 11) is 5.15. The minimum Gasteiger partial charge on any atom is -0.504 e. The van der Waals surface area contributed by atoms with Gasteiger partial charge in [0.15, 0.2) is 17.4 Å². The van der Waals surface area contributed by atoms with Crippen LogP contribution in [0.1, 0.15) is 16.9 Å². The molecule has 1 atom stereocenters. The number of likely N-dealkylation sites (N-methyl/N-ethyl adjacent to an activating group) is 1. The number of rotatable bonds is 4. The van der Waals surface area contributed by atoms with Gasteiger partial charge in [0.05, 0.1) is 11.1 Å². The number of benzene rings is 2. The molecule has 3 heterocycles. The summed E-state index contributed by atoms with van der Waals surface area (Å²) >= 11 is 0. The average molecular weight is 449 g/mol. The highest BCUT2D eigenvalue weighted by Crippen LogP contribution is 2.36. The molecule has 4 aromatic rings. The molecule has 0 spiro atoms. The zero-order chi connectivity index (χ0) is 23.3. The first-order chi connectivity index (χ1) is 15.9. The third kappa shape index (κ3) is 3.52. The Morgan fingerprint density at radius 3 is 2.79 bits per heavy atom. The van der Waals surface area contributed by atoms with Crippen LogP contribution in [0.4, 0.5) is 10.1 Å². The van der Waals surface area contributed by atoms with Crippen LogP contribution >= 0.6 is 0 Å². The monoisotopic (exact) mass is 449 g/mol. The maximum absolute atomic E-state index is 14.8. The third-order valence-electron chi connectivity index (χ3n) is 6.15. The number of anilines is 1. The van der Waals surface area contributed by atoms with Crippen LogP contribution in [-0.2, 0) is 7.05 Å². The number of phenolic OH excluding ortho intramolecular Hbond substituents is 1. The lowest BCUT2D eigenvalue weighted by Crippen LogP contribution is -2.29. The lowest BCUT2D eigenvalue weighted by molar-refractivity contribution is 0.0960. The zero-order valence-electron chi connectivity index (χ0n) is 18.6. The van der Waals surface area contributed by atoms with E-state index in [1.165, 1.54) is 11.7 Å². The SMILES string of the molecule is CNC(=O)c1nc(-c2cc3cn(C)nc3c(F)c2O)nc2ccc(N3CC[C@@H](NC)C3)cc12. The second kappa shape index (κ2) is 7.96. The summed E-state index contributed by atoms with van der Waals surface area (Å²) in [5.74, 6) is -1.78. The number of nitrogens with one attached hydrogen (secondary N) is 2. The minimum absolute atomic E-state index is 0.0567. The van der Waals surface area contributed by atoms with Gasteiger partial charge in [-0.1, -0.05) is 0 Å². The van der Waals surface area contributed by atoms with E-state index in [9.17, 15) is 14.3 Å². The number of aryl methyl sites for hydroxylation is 1. The first-order valence-electron chi connectivity index (χ1n) is 10.7. The molecular weight excluding hydrogens is 425 g/mol. The van der Waals surface area contributed by atoms with Crippen molar-refractivity contribution in [3.05, 3.63) is 42.0 Å². The summed E-state index contributed by atoms with van der Waals surface area (Å²) < 4.78 is 16.3. The van der Waals surface area contributed by atoms with Crippen LogP contribution in [0, 0.1) is 5.82 Å². The molecule has 0 unspecified atom stereocenters. The van der Waals surface area contributed by atoms with E-state index in [2.05, 4.69) is 30.6 Å². The van der Waals surface area contributed by atoms with E-state index in [1.54, 1.807) is 19.3 Å². The van der Waals surface area contributed by atoms with Gasteiger partial charge in [-0.15, -0.1) is 0 Å². The van der Waals surface area contributed by atoms with Gasteiger partial charge in [-0.3, -0.25) is 9.48 Å². The van der Waals surface area contributed by atoms with Gasteiger partial charge in [0, 0.05) is 55.9 Å². The van der Waals surface area contributed by atoms with E-state index in [-0.39, 0.29) is 22.6 Å². The quantitative estimate of drug-likeness (QED) is 0.438. The Morgan fingerprint density at radius 1 is 1.24 bits per heavy atom. The molecule has 2 aromatic heterocycles. The Hall–Kier alpha value is -3.79. The minimum atomic E-state index is -0.850. The van der Waals surface area contributed by atoms with Gasteiger partial charge in [-0.25, -0.2) is 14.4 Å². The van der Waals surface area contributed by atoms with Crippen molar-refractivity contribution >= 4 is 33.4 Å². The summed E-state index contributed by atoms with van der Waals surface area (Å²) in [6.45, 7) is 1.78.